The number of aromatic amines is 1. The molecule has 0 aliphatic carbocycles. The molecular formula is C11H4Cl2F5N3OS. The van der Waals surface area contributed by atoms with E-state index in [4.69, 9.17) is 23.2 Å². The Morgan fingerprint density at radius 3 is 2.22 bits per heavy atom. The van der Waals surface area contributed by atoms with Crippen LogP contribution in [-0.4, -0.2) is 15.0 Å². The minimum Gasteiger partial charge on any atom is -0.301 e. The number of pyridine rings is 1. The van der Waals surface area contributed by atoms with Gasteiger partial charge in [0.25, 0.3) is 5.56 Å². The SMILES string of the molecule is O=c1cc(C(F)(F)F)nc(SCc2c(Cl)c(F)nc(F)c2Cl)[nH]1. The van der Waals surface area contributed by atoms with Crippen molar-refractivity contribution in [2.75, 3.05) is 0 Å². The number of nitrogens with one attached hydrogen (secondary N) is 1. The first-order valence-electron chi connectivity index (χ1n) is 5.60. The zero-order valence-electron chi connectivity index (χ0n) is 10.6. The minimum atomic E-state index is -4.81. The highest BCUT2D eigenvalue weighted by molar-refractivity contribution is 7.98. The quantitative estimate of drug-likeness (QED) is 0.371. The third-order valence-electron chi connectivity index (χ3n) is 2.45. The van der Waals surface area contributed by atoms with Crippen LogP contribution < -0.4 is 5.56 Å². The molecule has 0 aliphatic rings. The molecule has 2 heterocycles. The second kappa shape index (κ2) is 6.62. The average Bonchev–Trinajstić information content (AvgIpc) is 2.44. The molecule has 2 aromatic heterocycles. The number of halogens is 7. The summed E-state index contributed by atoms with van der Waals surface area (Å²) in [5.41, 5.74) is -2.64. The van der Waals surface area contributed by atoms with E-state index in [1.54, 1.807) is 0 Å². The number of nitrogens with zero attached hydrogens (tertiary/aromatic N) is 2. The number of thioether (sulfide) groups is 1. The Labute approximate surface area is 139 Å². The Morgan fingerprint density at radius 2 is 1.70 bits per heavy atom. The van der Waals surface area contributed by atoms with Gasteiger partial charge in [-0.1, -0.05) is 35.0 Å². The van der Waals surface area contributed by atoms with Gasteiger partial charge < -0.3 is 4.98 Å². The molecule has 0 amide bonds. The highest BCUT2D eigenvalue weighted by Gasteiger charge is 2.33. The first-order chi connectivity index (χ1) is 10.6. The van der Waals surface area contributed by atoms with Crippen LogP contribution >= 0.6 is 35.0 Å². The van der Waals surface area contributed by atoms with Crippen molar-refractivity contribution in [3.63, 3.8) is 0 Å². The maximum Gasteiger partial charge on any atom is 0.433 e. The van der Waals surface area contributed by atoms with E-state index in [0.717, 1.165) is 0 Å². The Hall–Kier alpha value is -1.39. The third-order valence-corrected chi connectivity index (χ3v) is 4.12. The van der Waals surface area contributed by atoms with Crippen LogP contribution in [0.5, 0.6) is 0 Å². The Morgan fingerprint density at radius 1 is 1.13 bits per heavy atom. The van der Waals surface area contributed by atoms with Gasteiger partial charge in [0.15, 0.2) is 10.9 Å². The van der Waals surface area contributed by atoms with Crippen LogP contribution in [0.2, 0.25) is 10.0 Å². The Balaban J connectivity index is 2.33. The molecular weight excluding hydrogens is 388 g/mol. The molecule has 0 atom stereocenters. The summed E-state index contributed by atoms with van der Waals surface area (Å²) >= 11 is 11.8. The molecule has 0 bridgehead atoms. The molecule has 23 heavy (non-hydrogen) atoms. The van der Waals surface area contributed by atoms with Crippen molar-refractivity contribution in [1.29, 1.82) is 0 Å². The van der Waals surface area contributed by atoms with Crippen LogP contribution in [0, 0.1) is 11.9 Å². The van der Waals surface area contributed by atoms with Crippen molar-refractivity contribution >= 4 is 35.0 Å². The predicted octanol–water partition coefficient (Wildman–Crippen LogP) is 4.06. The van der Waals surface area contributed by atoms with Crippen LogP contribution in [0.1, 0.15) is 11.3 Å². The number of hydrogen-bond acceptors (Lipinski definition) is 4. The number of hydrogen-bond donors (Lipinski definition) is 1. The normalized spacial score (nSPS) is 11.8. The summed E-state index contributed by atoms with van der Waals surface area (Å²) < 4.78 is 64.2. The Bertz CT molecular complexity index is 785. The molecule has 124 valence electrons. The number of H-pyrrole nitrogens is 1. The fourth-order valence-corrected chi connectivity index (χ4v) is 2.97. The zero-order chi connectivity index (χ0) is 17.4. The van der Waals surface area contributed by atoms with Gasteiger partial charge in [-0.3, -0.25) is 4.79 Å². The molecule has 0 radical (unpaired) electrons. The summed E-state index contributed by atoms with van der Waals surface area (Å²) in [6, 6.07) is 0.287. The maximum atomic E-state index is 13.3. The van der Waals surface area contributed by atoms with Gasteiger partial charge in [-0.25, -0.2) is 4.98 Å². The first-order valence-corrected chi connectivity index (χ1v) is 7.34. The molecule has 0 aliphatic heterocycles. The van der Waals surface area contributed by atoms with Gasteiger partial charge in [-0.15, -0.1) is 0 Å². The predicted molar refractivity (Wildman–Crippen MR) is 73.6 cm³/mol. The van der Waals surface area contributed by atoms with E-state index in [-0.39, 0.29) is 17.4 Å². The summed E-state index contributed by atoms with van der Waals surface area (Å²) in [6.07, 6.45) is -4.81. The molecule has 0 saturated carbocycles. The van der Waals surface area contributed by atoms with Gasteiger partial charge in [0, 0.05) is 17.4 Å². The van der Waals surface area contributed by atoms with E-state index < -0.39 is 44.5 Å². The molecule has 2 rings (SSSR count). The van der Waals surface area contributed by atoms with Gasteiger partial charge in [0.2, 0.25) is 11.9 Å². The maximum absolute atomic E-state index is 13.3. The van der Waals surface area contributed by atoms with Crippen molar-refractivity contribution in [1.82, 2.24) is 15.0 Å². The summed E-state index contributed by atoms with van der Waals surface area (Å²) in [6.45, 7) is 0. The van der Waals surface area contributed by atoms with Gasteiger partial charge in [-0.05, 0) is 0 Å². The van der Waals surface area contributed by atoms with Crippen LogP contribution in [0.25, 0.3) is 0 Å². The largest absolute Gasteiger partial charge is 0.433 e. The fraction of sp³-hybridized carbons (Fsp3) is 0.182. The van der Waals surface area contributed by atoms with E-state index in [1.807, 2.05) is 0 Å². The van der Waals surface area contributed by atoms with E-state index in [0.29, 0.717) is 11.8 Å². The second-order valence-electron chi connectivity index (χ2n) is 4.02. The van der Waals surface area contributed by atoms with Crippen LogP contribution in [0.4, 0.5) is 22.0 Å². The molecule has 12 heteroatoms. The molecule has 0 aromatic carbocycles. The van der Waals surface area contributed by atoms with E-state index >= 15 is 0 Å². The van der Waals surface area contributed by atoms with Crippen molar-refractivity contribution in [3.05, 3.63) is 49.6 Å². The van der Waals surface area contributed by atoms with Crippen LogP contribution in [0.3, 0.4) is 0 Å². The van der Waals surface area contributed by atoms with Gasteiger partial charge in [0.05, 0.1) is 0 Å². The molecule has 1 N–H and O–H groups in total. The van der Waals surface area contributed by atoms with E-state index in [9.17, 15) is 26.7 Å². The number of alkyl halides is 3. The van der Waals surface area contributed by atoms with Gasteiger partial charge in [-0.2, -0.15) is 26.9 Å². The molecule has 0 saturated heterocycles. The number of aromatic nitrogens is 3. The summed E-state index contributed by atoms with van der Waals surface area (Å²) in [7, 11) is 0. The fourth-order valence-electron chi connectivity index (χ4n) is 1.45. The monoisotopic (exact) mass is 391 g/mol. The lowest BCUT2D eigenvalue weighted by Crippen LogP contribution is -2.16. The number of rotatable bonds is 3. The summed E-state index contributed by atoms with van der Waals surface area (Å²) in [5.74, 6) is -2.96. The van der Waals surface area contributed by atoms with Crippen molar-refractivity contribution in [3.8, 4) is 0 Å². The smallest absolute Gasteiger partial charge is 0.301 e. The van der Waals surface area contributed by atoms with Crippen molar-refractivity contribution in [2.24, 2.45) is 0 Å². The molecule has 0 spiro atoms. The van der Waals surface area contributed by atoms with E-state index in [1.165, 1.54) is 0 Å². The molecule has 0 fully saturated rings. The third kappa shape index (κ3) is 4.12. The zero-order valence-corrected chi connectivity index (χ0v) is 13.0. The summed E-state index contributed by atoms with van der Waals surface area (Å²) in [4.78, 5) is 19.3. The lowest BCUT2D eigenvalue weighted by Gasteiger charge is -2.09. The van der Waals surface area contributed by atoms with Gasteiger partial charge >= 0.3 is 6.18 Å². The lowest BCUT2D eigenvalue weighted by atomic mass is 10.3. The first kappa shape index (κ1) is 18.0. The van der Waals surface area contributed by atoms with Gasteiger partial charge in [0.1, 0.15) is 10.0 Å². The standard InChI is InChI=1S/C11H4Cl2F5N3OS/c12-6-3(7(13)9(15)21-8(6)14)2-23-10-19-4(11(16,17)18)1-5(22)20-10/h1H,2H2,(H,19,20,22). The van der Waals surface area contributed by atoms with Crippen molar-refractivity contribution < 1.29 is 22.0 Å². The Kier molecular flexibility index (Phi) is 5.17. The summed E-state index contributed by atoms with van der Waals surface area (Å²) in [5, 5.41) is -1.55. The highest BCUT2D eigenvalue weighted by Crippen LogP contribution is 2.33. The van der Waals surface area contributed by atoms with Crippen LogP contribution in [0.15, 0.2) is 16.0 Å². The van der Waals surface area contributed by atoms with Crippen LogP contribution in [-0.2, 0) is 11.9 Å². The lowest BCUT2D eigenvalue weighted by molar-refractivity contribution is -0.141. The average molecular weight is 392 g/mol. The van der Waals surface area contributed by atoms with E-state index in [2.05, 4.69) is 15.0 Å². The molecule has 2 aromatic rings. The highest BCUT2D eigenvalue weighted by atomic mass is 35.5. The minimum absolute atomic E-state index is 0.219. The molecule has 4 nitrogen and oxygen atoms in total. The second-order valence-corrected chi connectivity index (χ2v) is 5.74. The topological polar surface area (TPSA) is 58.6 Å². The van der Waals surface area contributed by atoms with Crippen molar-refractivity contribution in [2.45, 2.75) is 17.1 Å². The molecule has 0 unspecified atom stereocenters.